The van der Waals surface area contributed by atoms with Gasteiger partial charge in [-0.1, -0.05) is 0 Å². The van der Waals surface area contributed by atoms with Crippen LogP contribution in [0.2, 0.25) is 0 Å². The first-order valence-electron chi connectivity index (χ1n) is 6.04. The lowest BCUT2D eigenvalue weighted by molar-refractivity contribution is 0.0988. The molecule has 0 atom stereocenters. The molecule has 106 valence electrons. The quantitative estimate of drug-likeness (QED) is 0.853. The fourth-order valence-electron chi connectivity index (χ4n) is 1.85. The normalized spacial score (nSPS) is 10.0. The van der Waals surface area contributed by atoms with Gasteiger partial charge in [-0.25, -0.2) is 13.8 Å². The van der Waals surface area contributed by atoms with E-state index in [9.17, 15) is 13.6 Å². The molecule has 2 rings (SSSR count). The highest BCUT2D eigenvalue weighted by molar-refractivity contribution is 6.06. The Bertz CT molecular complexity index is 753. The average Bonchev–Trinajstić information content (AvgIpc) is 2.49. The number of amides is 1. The van der Waals surface area contributed by atoms with Crippen molar-refractivity contribution < 1.29 is 13.6 Å². The van der Waals surface area contributed by atoms with E-state index in [-0.39, 0.29) is 22.5 Å². The van der Waals surface area contributed by atoms with E-state index in [1.807, 2.05) is 6.07 Å². The standard InChI is InChI=1S/C15H11F2N3O/c1-9-6-11(13(17)7-12(9)16)15(21)20(2)14-10(8-18)4-3-5-19-14/h3-7H,1-2H3. The van der Waals surface area contributed by atoms with Gasteiger partial charge in [-0.3, -0.25) is 9.69 Å². The number of nitriles is 1. The molecule has 1 heterocycles. The summed E-state index contributed by atoms with van der Waals surface area (Å²) in [7, 11) is 1.38. The number of hydrogen-bond acceptors (Lipinski definition) is 3. The Morgan fingerprint density at radius 3 is 2.71 bits per heavy atom. The van der Waals surface area contributed by atoms with Crippen molar-refractivity contribution in [1.29, 1.82) is 5.26 Å². The third-order valence-electron chi connectivity index (χ3n) is 3.01. The van der Waals surface area contributed by atoms with Gasteiger partial charge >= 0.3 is 0 Å². The van der Waals surface area contributed by atoms with Crippen molar-refractivity contribution in [2.45, 2.75) is 6.92 Å². The van der Waals surface area contributed by atoms with Gasteiger partial charge in [0.2, 0.25) is 0 Å². The van der Waals surface area contributed by atoms with E-state index < -0.39 is 17.5 Å². The Kier molecular flexibility index (Phi) is 3.94. The smallest absolute Gasteiger partial charge is 0.262 e. The number of carbonyl (C=O) groups excluding carboxylic acids is 1. The van der Waals surface area contributed by atoms with Crippen molar-refractivity contribution >= 4 is 11.7 Å². The number of aryl methyl sites for hydroxylation is 1. The molecular weight excluding hydrogens is 276 g/mol. The molecule has 0 unspecified atom stereocenters. The highest BCUT2D eigenvalue weighted by Gasteiger charge is 2.21. The molecule has 1 amide bonds. The first-order chi connectivity index (χ1) is 9.95. The van der Waals surface area contributed by atoms with E-state index in [2.05, 4.69) is 4.98 Å². The fraction of sp³-hybridized carbons (Fsp3) is 0.133. The van der Waals surface area contributed by atoms with Gasteiger partial charge in [0, 0.05) is 19.3 Å². The second kappa shape index (κ2) is 5.67. The van der Waals surface area contributed by atoms with Crippen molar-refractivity contribution in [3.63, 3.8) is 0 Å². The van der Waals surface area contributed by atoms with E-state index in [1.165, 1.54) is 26.2 Å². The molecule has 0 fully saturated rings. The number of carbonyl (C=O) groups is 1. The van der Waals surface area contributed by atoms with Crippen LogP contribution in [0.1, 0.15) is 21.5 Å². The van der Waals surface area contributed by atoms with Crippen LogP contribution in [0.15, 0.2) is 30.5 Å². The summed E-state index contributed by atoms with van der Waals surface area (Å²) in [4.78, 5) is 17.3. The number of halogens is 2. The SMILES string of the molecule is Cc1cc(C(=O)N(C)c2ncccc2C#N)c(F)cc1F. The maximum absolute atomic E-state index is 13.8. The Morgan fingerprint density at radius 1 is 1.33 bits per heavy atom. The number of benzene rings is 1. The fourth-order valence-corrected chi connectivity index (χ4v) is 1.85. The number of anilines is 1. The van der Waals surface area contributed by atoms with Crippen LogP contribution in [0, 0.1) is 29.9 Å². The molecule has 0 bridgehead atoms. The minimum absolute atomic E-state index is 0.117. The van der Waals surface area contributed by atoms with Gasteiger partial charge in [0.1, 0.15) is 17.7 Å². The first kappa shape index (κ1) is 14.6. The van der Waals surface area contributed by atoms with Crippen LogP contribution in [-0.2, 0) is 0 Å². The molecule has 0 spiro atoms. The Labute approximate surface area is 120 Å². The van der Waals surface area contributed by atoms with Crippen LogP contribution >= 0.6 is 0 Å². The van der Waals surface area contributed by atoms with Crippen LogP contribution in [0.3, 0.4) is 0 Å². The van der Waals surface area contributed by atoms with Crippen molar-refractivity contribution in [3.8, 4) is 6.07 Å². The second-order valence-electron chi connectivity index (χ2n) is 4.43. The van der Waals surface area contributed by atoms with E-state index in [0.717, 1.165) is 11.0 Å². The lowest BCUT2D eigenvalue weighted by atomic mass is 10.1. The summed E-state index contributed by atoms with van der Waals surface area (Å²) in [5.74, 6) is -2.26. The molecule has 6 heteroatoms. The third kappa shape index (κ3) is 2.72. The van der Waals surface area contributed by atoms with Gasteiger partial charge in [-0.15, -0.1) is 0 Å². The topological polar surface area (TPSA) is 57.0 Å². The average molecular weight is 287 g/mol. The van der Waals surface area contributed by atoms with Crippen LogP contribution in [0.25, 0.3) is 0 Å². The molecule has 0 aliphatic rings. The van der Waals surface area contributed by atoms with Crippen LogP contribution in [0.4, 0.5) is 14.6 Å². The van der Waals surface area contributed by atoms with Gasteiger partial charge < -0.3 is 0 Å². The summed E-state index contributed by atoms with van der Waals surface area (Å²) in [6, 6.07) is 6.77. The molecule has 0 radical (unpaired) electrons. The van der Waals surface area contributed by atoms with Gasteiger partial charge in [0.15, 0.2) is 5.82 Å². The Morgan fingerprint density at radius 2 is 2.05 bits per heavy atom. The summed E-state index contributed by atoms with van der Waals surface area (Å²) in [6.45, 7) is 1.44. The highest BCUT2D eigenvalue weighted by atomic mass is 19.1. The third-order valence-corrected chi connectivity index (χ3v) is 3.01. The van der Waals surface area contributed by atoms with Crippen LogP contribution in [-0.4, -0.2) is 17.9 Å². The zero-order valence-corrected chi connectivity index (χ0v) is 11.4. The summed E-state index contributed by atoms with van der Waals surface area (Å²) in [6.07, 6.45) is 1.42. The molecule has 0 saturated carbocycles. The predicted molar refractivity (Wildman–Crippen MR) is 72.8 cm³/mol. The van der Waals surface area contributed by atoms with E-state index >= 15 is 0 Å². The first-order valence-corrected chi connectivity index (χ1v) is 6.04. The summed E-state index contributed by atoms with van der Waals surface area (Å²) >= 11 is 0. The van der Waals surface area contributed by atoms with E-state index in [1.54, 1.807) is 6.07 Å². The largest absolute Gasteiger partial charge is 0.295 e. The molecule has 1 aromatic carbocycles. The minimum Gasteiger partial charge on any atom is -0.295 e. The molecule has 0 saturated heterocycles. The summed E-state index contributed by atoms with van der Waals surface area (Å²) < 4.78 is 27.0. The van der Waals surface area contributed by atoms with Gasteiger partial charge in [-0.05, 0) is 30.7 Å². The molecule has 2 aromatic rings. The zero-order chi connectivity index (χ0) is 15.6. The Balaban J connectivity index is 2.45. The lowest BCUT2D eigenvalue weighted by Crippen LogP contribution is -2.29. The number of nitrogens with zero attached hydrogens (tertiary/aromatic N) is 3. The second-order valence-corrected chi connectivity index (χ2v) is 4.43. The number of pyridine rings is 1. The predicted octanol–water partition coefficient (Wildman–Crippen LogP) is 2.82. The summed E-state index contributed by atoms with van der Waals surface area (Å²) in [5, 5.41) is 9.00. The molecule has 21 heavy (non-hydrogen) atoms. The van der Waals surface area contributed by atoms with Crippen molar-refractivity contribution in [2.24, 2.45) is 0 Å². The number of hydrogen-bond donors (Lipinski definition) is 0. The number of aromatic nitrogens is 1. The van der Waals surface area contributed by atoms with E-state index in [4.69, 9.17) is 5.26 Å². The molecule has 0 N–H and O–H groups in total. The molecule has 4 nitrogen and oxygen atoms in total. The Hall–Kier alpha value is -2.81. The molecule has 0 aliphatic carbocycles. The van der Waals surface area contributed by atoms with Crippen molar-refractivity contribution in [3.05, 3.63) is 58.8 Å². The van der Waals surface area contributed by atoms with Gasteiger partial charge in [-0.2, -0.15) is 5.26 Å². The van der Waals surface area contributed by atoms with Crippen LogP contribution in [0.5, 0.6) is 0 Å². The monoisotopic (exact) mass is 287 g/mol. The summed E-state index contributed by atoms with van der Waals surface area (Å²) in [5.41, 5.74) is 0.0770. The molecule has 1 aromatic heterocycles. The van der Waals surface area contributed by atoms with Gasteiger partial charge in [0.05, 0.1) is 11.1 Å². The molecular formula is C15H11F2N3O. The highest BCUT2D eigenvalue weighted by Crippen LogP contribution is 2.20. The maximum atomic E-state index is 13.8. The lowest BCUT2D eigenvalue weighted by Gasteiger charge is -2.18. The molecule has 0 aliphatic heterocycles. The minimum atomic E-state index is -0.954. The maximum Gasteiger partial charge on any atom is 0.262 e. The number of rotatable bonds is 2. The van der Waals surface area contributed by atoms with Crippen LogP contribution < -0.4 is 4.90 Å². The van der Waals surface area contributed by atoms with E-state index in [0.29, 0.717) is 6.07 Å². The van der Waals surface area contributed by atoms with Crippen molar-refractivity contribution in [1.82, 2.24) is 4.98 Å². The van der Waals surface area contributed by atoms with Crippen molar-refractivity contribution in [2.75, 3.05) is 11.9 Å². The van der Waals surface area contributed by atoms with Gasteiger partial charge in [0.25, 0.3) is 5.91 Å². The zero-order valence-electron chi connectivity index (χ0n) is 11.4.